The van der Waals surface area contributed by atoms with Gasteiger partial charge in [0.2, 0.25) is 0 Å². The van der Waals surface area contributed by atoms with Crippen LogP contribution < -0.4 is 0 Å². The smallest absolute Gasteiger partial charge is 0.254 e. The van der Waals surface area contributed by atoms with Crippen LogP contribution in [0.1, 0.15) is 15.9 Å². The van der Waals surface area contributed by atoms with E-state index < -0.39 is 0 Å². The number of carbonyl (C=O) groups is 1. The molecule has 0 spiro atoms. The maximum atomic E-state index is 12.6. The molecule has 0 aliphatic carbocycles. The molecule has 106 valence electrons. The molecule has 5 heteroatoms. The summed E-state index contributed by atoms with van der Waals surface area (Å²) in [7, 11) is 3.96. The molecule has 1 aliphatic heterocycles. The van der Waals surface area contributed by atoms with E-state index in [2.05, 4.69) is 6.07 Å². The molecule has 1 atom stereocenters. The minimum atomic E-state index is -0.0303. The summed E-state index contributed by atoms with van der Waals surface area (Å²) >= 11 is 0. The predicted molar refractivity (Wildman–Crippen MR) is 75.4 cm³/mol. The van der Waals surface area contributed by atoms with Crippen LogP contribution in [0.3, 0.4) is 0 Å². The Hall–Kier alpha value is -1.90. The van der Waals surface area contributed by atoms with E-state index in [9.17, 15) is 4.79 Å². The second kappa shape index (κ2) is 6.51. The van der Waals surface area contributed by atoms with Gasteiger partial charge in [0.25, 0.3) is 5.91 Å². The number of morpholine rings is 1. The van der Waals surface area contributed by atoms with E-state index in [1.165, 1.54) is 0 Å². The number of rotatable bonds is 3. The monoisotopic (exact) mass is 273 g/mol. The van der Waals surface area contributed by atoms with Crippen LogP contribution in [-0.2, 0) is 4.74 Å². The van der Waals surface area contributed by atoms with Crippen molar-refractivity contribution in [2.24, 2.45) is 0 Å². The Morgan fingerprint density at radius 1 is 1.55 bits per heavy atom. The summed E-state index contributed by atoms with van der Waals surface area (Å²) in [4.78, 5) is 16.5. The standard InChI is InChI=1S/C15H19N3O2/c1-17(2)10-14-11-20-7-6-18(14)15(19)13-5-3-4-12(8-13)9-16/h3-5,8,14H,6-7,10-11H2,1-2H3/t14-/m0/s1. The third-order valence-corrected chi connectivity index (χ3v) is 3.30. The molecule has 2 rings (SSSR count). The zero-order valence-corrected chi connectivity index (χ0v) is 11.9. The summed E-state index contributed by atoms with van der Waals surface area (Å²) in [6.07, 6.45) is 0. The zero-order valence-electron chi connectivity index (χ0n) is 11.9. The van der Waals surface area contributed by atoms with Crippen molar-refractivity contribution < 1.29 is 9.53 Å². The third-order valence-electron chi connectivity index (χ3n) is 3.30. The molecule has 0 unspecified atom stereocenters. The lowest BCUT2D eigenvalue weighted by molar-refractivity contribution is -0.00830. The number of ether oxygens (including phenoxy) is 1. The van der Waals surface area contributed by atoms with Crippen molar-refractivity contribution in [2.45, 2.75) is 6.04 Å². The SMILES string of the molecule is CN(C)C[C@H]1COCCN1C(=O)c1cccc(C#N)c1. The molecule has 1 heterocycles. The Balaban J connectivity index is 2.18. The number of carbonyl (C=O) groups excluding carboxylic acids is 1. The lowest BCUT2D eigenvalue weighted by Crippen LogP contribution is -2.52. The predicted octanol–water partition coefficient (Wildman–Crippen LogP) is 0.961. The van der Waals surface area contributed by atoms with Crippen molar-refractivity contribution in [3.63, 3.8) is 0 Å². The molecule has 0 bridgehead atoms. The maximum Gasteiger partial charge on any atom is 0.254 e. The number of hydrogen-bond acceptors (Lipinski definition) is 4. The van der Waals surface area contributed by atoms with Gasteiger partial charge in [-0.15, -0.1) is 0 Å². The van der Waals surface area contributed by atoms with Gasteiger partial charge >= 0.3 is 0 Å². The molecule has 1 amide bonds. The molecule has 0 saturated carbocycles. The Morgan fingerprint density at radius 2 is 2.35 bits per heavy atom. The molecule has 0 radical (unpaired) electrons. The zero-order chi connectivity index (χ0) is 14.5. The molecule has 0 aromatic heterocycles. The first-order chi connectivity index (χ1) is 9.61. The fraction of sp³-hybridized carbons (Fsp3) is 0.467. The van der Waals surface area contributed by atoms with Gasteiger partial charge in [0.1, 0.15) is 0 Å². The average Bonchev–Trinajstić information content (AvgIpc) is 2.46. The van der Waals surface area contributed by atoms with Gasteiger partial charge in [0, 0.05) is 18.7 Å². The Kier molecular flexibility index (Phi) is 4.72. The number of likely N-dealkylation sites (N-methyl/N-ethyl adjacent to an activating group) is 1. The van der Waals surface area contributed by atoms with Gasteiger partial charge in [-0.25, -0.2) is 0 Å². The highest BCUT2D eigenvalue weighted by Crippen LogP contribution is 2.14. The number of hydrogen-bond donors (Lipinski definition) is 0. The van der Waals surface area contributed by atoms with Crippen molar-refractivity contribution in [1.82, 2.24) is 9.80 Å². The van der Waals surface area contributed by atoms with E-state index in [0.717, 1.165) is 6.54 Å². The van der Waals surface area contributed by atoms with E-state index in [1.807, 2.05) is 23.9 Å². The van der Waals surface area contributed by atoms with Crippen LogP contribution >= 0.6 is 0 Å². The van der Waals surface area contributed by atoms with E-state index in [-0.39, 0.29) is 11.9 Å². The van der Waals surface area contributed by atoms with Crippen molar-refractivity contribution >= 4 is 5.91 Å². The Bertz CT molecular complexity index is 522. The molecule has 1 saturated heterocycles. The van der Waals surface area contributed by atoms with Crippen LogP contribution in [0.4, 0.5) is 0 Å². The minimum absolute atomic E-state index is 0.0303. The van der Waals surface area contributed by atoms with Gasteiger partial charge in [-0.2, -0.15) is 5.26 Å². The molecule has 20 heavy (non-hydrogen) atoms. The van der Waals surface area contributed by atoms with Gasteiger partial charge < -0.3 is 14.5 Å². The lowest BCUT2D eigenvalue weighted by Gasteiger charge is -2.37. The number of amides is 1. The first-order valence-electron chi connectivity index (χ1n) is 6.65. The molecule has 0 N–H and O–H groups in total. The van der Waals surface area contributed by atoms with Gasteiger partial charge in [-0.05, 0) is 32.3 Å². The fourth-order valence-corrected chi connectivity index (χ4v) is 2.38. The lowest BCUT2D eigenvalue weighted by atomic mass is 10.1. The normalized spacial score (nSPS) is 18.9. The van der Waals surface area contributed by atoms with Crippen molar-refractivity contribution in [3.8, 4) is 6.07 Å². The van der Waals surface area contributed by atoms with Crippen LogP contribution in [-0.4, -0.2) is 62.1 Å². The number of nitriles is 1. The van der Waals surface area contributed by atoms with Crippen LogP contribution in [0.5, 0.6) is 0 Å². The highest BCUT2D eigenvalue weighted by molar-refractivity contribution is 5.94. The Morgan fingerprint density at radius 3 is 3.05 bits per heavy atom. The number of nitrogens with zero attached hydrogens (tertiary/aromatic N) is 3. The third kappa shape index (κ3) is 3.35. The van der Waals surface area contributed by atoms with Crippen LogP contribution in [0.25, 0.3) is 0 Å². The minimum Gasteiger partial charge on any atom is -0.377 e. The molecule has 1 aliphatic rings. The van der Waals surface area contributed by atoms with Gasteiger partial charge in [-0.1, -0.05) is 6.07 Å². The Labute approximate surface area is 119 Å². The summed E-state index contributed by atoms with van der Waals surface area (Å²) in [5, 5.41) is 8.92. The van der Waals surface area contributed by atoms with Crippen LogP contribution in [0.2, 0.25) is 0 Å². The summed E-state index contributed by atoms with van der Waals surface area (Å²) in [6, 6.07) is 8.96. The molecule has 5 nitrogen and oxygen atoms in total. The molecule has 1 aromatic rings. The average molecular weight is 273 g/mol. The second-order valence-electron chi connectivity index (χ2n) is 5.18. The van der Waals surface area contributed by atoms with Crippen molar-refractivity contribution in [1.29, 1.82) is 5.26 Å². The quantitative estimate of drug-likeness (QED) is 0.823. The second-order valence-corrected chi connectivity index (χ2v) is 5.18. The molecular weight excluding hydrogens is 254 g/mol. The van der Waals surface area contributed by atoms with Gasteiger partial charge in [0.05, 0.1) is 30.9 Å². The number of benzene rings is 1. The fourth-order valence-electron chi connectivity index (χ4n) is 2.38. The largest absolute Gasteiger partial charge is 0.377 e. The summed E-state index contributed by atoms with van der Waals surface area (Å²) < 4.78 is 5.47. The highest BCUT2D eigenvalue weighted by atomic mass is 16.5. The van der Waals surface area contributed by atoms with Gasteiger partial charge in [0.15, 0.2) is 0 Å². The van der Waals surface area contributed by atoms with E-state index in [0.29, 0.717) is 30.9 Å². The van der Waals surface area contributed by atoms with Crippen molar-refractivity contribution in [2.75, 3.05) is 40.4 Å². The summed E-state index contributed by atoms with van der Waals surface area (Å²) in [6.45, 7) is 2.48. The first-order valence-corrected chi connectivity index (χ1v) is 6.65. The topological polar surface area (TPSA) is 56.6 Å². The first kappa shape index (κ1) is 14.5. The van der Waals surface area contributed by atoms with Crippen molar-refractivity contribution in [3.05, 3.63) is 35.4 Å². The molecular formula is C15H19N3O2. The molecule has 1 aromatic carbocycles. The highest BCUT2D eigenvalue weighted by Gasteiger charge is 2.28. The molecule has 1 fully saturated rings. The van der Waals surface area contributed by atoms with Gasteiger partial charge in [-0.3, -0.25) is 4.79 Å². The van der Waals surface area contributed by atoms with Crippen LogP contribution in [0.15, 0.2) is 24.3 Å². The maximum absolute atomic E-state index is 12.6. The van der Waals surface area contributed by atoms with Crippen LogP contribution in [0, 0.1) is 11.3 Å². The van der Waals surface area contributed by atoms with E-state index in [4.69, 9.17) is 10.00 Å². The van der Waals surface area contributed by atoms with E-state index >= 15 is 0 Å². The van der Waals surface area contributed by atoms with E-state index in [1.54, 1.807) is 24.3 Å². The summed E-state index contributed by atoms with van der Waals surface area (Å²) in [5.74, 6) is -0.0303. The summed E-state index contributed by atoms with van der Waals surface area (Å²) in [5.41, 5.74) is 1.07.